The zero-order chi connectivity index (χ0) is 42.5. The third-order valence-corrected chi connectivity index (χ3v) is 11.5. The first-order valence-electron chi connectivity index (χ1n) is 22.7. The highest BCUT2D eigenvalue weighted by Crippen LogP contribution is 2.45. The third kappa shape index (κ3) is 17.7. The molecular weight excluding hydrogens is 717 g/mol. The zero-order valence-electron chi connectivity index (χ0n) is 39.0. The fourth-order valence-electron chi connectivity index (χ4n) is 9.73. The van der Waals surface area contributed by atoms with Crippen molar-refractivity contribution in [2.75, 3.05) is 48.8 Å². The second kappa shape index (κ2) is 21.6. The fraction of sp³-hybridized carbons (Fsp3) is 0.933. The highest BCUT2D eigenvalue weighted by molar-refractivity contribution is 5.42. The van der Waals surface area contributed by atoms with Crippen molar-refractivity contribution in [1.82, 2.24) is 25.1 Å². The van der Waals surface area contributed by atoms with E-state index < -0.39 is 11.2 Å². The number of rotatable bonds is 26. The maximum atomic E-state index is 10.3. The molecule has 0 amide bonds. The van der Waals surface area contributed by atoms with Crippen LogP contribution in [0.15, 0.2) is 0 Å². The summed E-state index contributed by atoms with van der Waals surface area (Å²) in [5.74, 6) is 3.12. The molecule has 0 atom stereocenters. The van der Waals surface area contributed by atoms with E-state index in [1.807, 2.05) is 0 Å². The number of piperidine rings is 2. The lowest BCUT2D eigenvalue weighted by molar-refractivity contribution is -0.302. The van der Waals surface area contributed by atoms with E-state index in [1.165, 1.54) is 44.9 Å². The molecule has 2 aliphatic heterocycles. The lowest BCUT2D eigenvalue weighted by Crippen LogP contribution is -2.61. The lowest BCUT2D eigenvalue weighted by atomic mass is 9.73. The molecule has 0 unspecified atom stereocenters. The number of nitrogens with one attached hydrogen (secondary N) is 3. The summed E-state index contributed by atoms with van der Waals surface area (Å²) in [6.07, 6.45) is 18.5. The van der Waals surface area contributed by atoms with Gasteiger partial charge in [0.2, 0.25) is 17.8 Å². The van der Waals surface area contributed by atoms with Crippen LogP contribution < -0.4 is 16.0 Å². The summed E-state index contributed by atoms with van der Waals surface area (Å²) >= 11 is 0. The normalized spacial score (nSPS) is 20.5. The van der Waals surface area contributed by atoms with Crippen LogP contribution in [0, 0.1) is 11.8 Å². The minimum absolute atomic E-state index is 0.108. The molecule has 0 spiro atoms. The third-order valence-electron chi connectivity index (χ3n) is 11.5. The van der Waals surface area contributed by atoms with Gasteiger partial charge in [0.15, 0.2) is 0 Å². The smallest absolute Gasteiger partial charge is 0.229 e. The second-order valence-corrected chi connectivity index (χ2v) is 21.4. The van der Waals surface area contributed by atoms with E-state index in [0.717, 1.165) is 77.4 Å². The first kappa shape index (κ1) is 49.5. The maximum absolute atomic E-state index is 10.3. The van der Waals surface area contributed by atoms with Crippen molar-refractivity contribution in [1.29, 1.82) is 0 Å². The van der Waals surface area contributed by atoms with Crippen LogP contribution in [-0.4, -0.2) is 101 Å². The maximum Gasteiger partial charge on any atom is 0.229 e. The molecule has 332 valence electrons. The van der Waals surface area contributed by atoms with Gasteiger partial charge in [0.25, 0.3) is 0 Å². The number of hydrogen-bond acceptors (Lipinski definition) is 12. The average molecular weight is 805 g/mol. The molecule has 0 aromatic carbocycles. The molecule has 2 fully saturated rings. The molecule has 5 N–H and O–H groups in total. The molecule has 3 heterocycles. The van der Waals surface area contributed by atoms with E-state index in [0.29, 0.717) is 42.9 Å². The van der Waals surface area contributed by atoms with Crippen LogP contribution in [-0.2, 0) is 9.68 Å². The molecule has 12 nitrogen and oxygen atoms in total. The molecule has 0 radical (unpaired) electrons. The Balaban J connectivity index is 1.50. The molecular formula is C45H88N8O4. The molecule has 57 heavy (non-hydrogen) atoms. The number of hydrogen-bond donors (Lipinski definition) is 5. The summed E-state index contributed by atoms with van der Waals surface area (Å²) < 4.78 is 0. The molecule has 1 aromatic rings. The van der Waals surface area contributed by atoms with Gasteiger partial charge in [0.05, 0.1) is 24.4 Å². The van der Waals surface area contributed by atoms with E-state index in [-0.39, 0.29) is 22.2 Å². The Bertz CT molecular complexity index is 1190. The van der Waals surface area contributed by atoms with E-state index in [4.69, 9.17) is 24.6 Å². The minimum Gasteiger partial charge on any atom is -0.388 e. The minimum atomic E-state index is -0.860. The SMILES string of the molecule is CCCCCCCCNc1nc(NCCCCC2CC(C)(C)N(OCC(C)(C)O)C(C)(C)C2)nc(NCCCCC2CC(C)(C)N(OCC(C)(C)O)C(C)(C)C2)n1. The molecule has 2 aliphatic rings. The Morgan fingerprint density at radius 3 is 1.14 bits per heavy atom. The molecule has 0 aliphatic carbocycles. The van der Waals surface area contributed by atoms with Gasteiger partial charge in [-0.05, 0) is 140 Å². The topological polar surface area (TPSA) is 140 Å². The molecule has 0 bridgehead atoms. The summed E-state index contributed by atoms with van der Waals surface area (Å²) in [4.78, 5) is 26.7. The highest BCUT2D eigenvalue weighted by atomic mass is 16.7. The quantitative estimate of drug-likeness (QED) is 0.0570. The summed E-state index contributed by atoms with van der Waals surface area (Å²) in [5, 5.41) is 35.3. The first-order valence-corrected chi connectivity index (χ1v) is 22.7. The van der Waals surface area contributed by atoms with Crippen LogP contribution in [0.4, 0.5) is 17.8 Å². The molecule has 2 saturated heterocycles. The van der Waals surface area contributed by atoms with Gasteiger partial charge in [-0.15, -0.1) is 0 Å². The number of nitrogens with zero attached hydrogens (tertiary/aromatic N) is 5. The van der Waals surface area contributed by atoms with Gasteiger partial charge >= 0.3 is 0 Å². The fourth-order valence-corrected chi connectivity index (χ4v) is 9.73. The monoisotopic (exact) mass is 805 g/mol. The lowest BCUT2D eigenvalue weighted by Gasteiger charge is -2.54. The van der Waals surface area contributed by atoms with Gasteiger partial charge < -0.3 is 26.2 Å². The summed E-state index contributed by atoms with van der Waals surface area (Å²) in [6, 6.07) is 0. The van der Waals surface area contributed by atoms with Crippen LogP contribution in [0.3, 0.4) is 0 Å². The molecule has 1 aromatic heterocycles. The average Bonchev–Trinajstić information content (AvgIpc) is 3.04. The van der Waals surface area contributed by atoms with Crippen molar-refractivity contribution in [3.05, 3.63) is 0 Å². The van der Waals surface area contributed by atoms with Gasteiger partial charge in [-0.25, -0.2) is 0 Å². The Morgan fingerprint density at radius 1 is 0.526 bits per heavy atom. The number of aliphatic hydroxyl groups is 2. The van der Waals surface area contributed by atoms with Gasteiger partial charge in [0, 0.05) is 41.8 Å². The summed E-state index contributed by atoms with van der Waals surface area (Å²) in [5.41, 5.74) is -2.15. The molecule has 0 saturated carbocycles. The van der Waals surface area contributed by atoms with Crippen LogP contribution in [0.5, 0.6) is 0 Å². The van der Waals surface area contributed by atoms with Crippen LogP contribution in [0.1, 0.15) is 193 Å². The van der Waals surface area contributed by atoms with E-state index >= 15 is 0 Å². The first-order chi connectivity index (χ1) is 26.4. The van der Waals surface area contributed by atoms with Crippen molar-refractivity contribution >= 4 is 17.8 Å². The predicted octanol–water partition coefficient (Wildman–Crippen LogP) is 9.75. The van der Waals surface area contributed by atoms with Gasteiger partial charge in [-0.1, -0.05) is 64.7 Å². The standard InChI is InChI=1S/C45H88N8O4/c1-14-15-16-17-18-21-26-46-37-49-38(47-27-22-19-24-35-29-40(2,3)52(41(4,5)30-35)56-33-44(10,11)54)51-39(50-37)48-28-23-20-25-36-31-42(6,7)53(43(8,9)32-36)57-34-45(12,13)55/h35-36,54-55H,14-34H2,1-13H3,(H3,46,47,48,49,50,51). The van der Waals surface area contributed by atoms with Gasteiger partial charge in [-0.2, -0.15) is 25.1 Å². The van der Waals surface area contributed by atoms with E-state index in [9.17, 15) is 10.2 Å². The van der Waals surface area contributed by atoms with Gasteiger partial charge in [-0.3, -0.25) is 9.68 Å². The van der Waals surface area contributed by atoms with Crippen molar-refractivity contribution in [3.8, 4) is 0 Å². The summed E-state index contributed by atoms with van der Waals surface area (Å²) in [7, 11) is 0. The Kier molecular flexibility index (Phi) is 18.8. The van der Waals surface area contributed by atoms with Crippen LogP contribution in [0.2, 0.25) is 0 Å². The Hall–Kier alpha value is -1.83. The van der Waals surface area contributed by atoms with Crippen molar-refractivity contribution < 1.29 is 19.9 Å². The largest absolute Gasteiger partial charge is 0.388 e. The molecule has 3 rings (SSSR count). The van der Waals surface area contributed by atoms with Crippen molar-refractivity contribution in [2.24, 2.45) is 11.8 Å². The highest BCUT2D eigenvalue weighted by Gasteiger charge is 2.48. The number of hydroxylamine groups is 4. The number of anilines is 3. The van der Waals surface area contributed by atoms with E-state index in [2.05, 4.69) is 88.4 Å². The second-order valence-electron chi connectivity index (χ2n) is 21.4. The van der Waals surface area contributed by atoms with Crippen LogP contribution in [0.25, 0.3) is 0 Å². The predicted molar refractivity (Wildman–Crippen MR) is 236 cm³/mol. The Labute approximate surface area is 348 Å². The summed E-state index contributed by atoms with van der Waals surface area (Å²) in [6.45, 7) is 30.6. The van der Waals surface area contributed by atoms with Crippen molar-refractivity contribution in [2.45, 2.75) is 226 Å². The number of unbranched alkanes of at least 4 members (excludes halogenated alkanes) is 7. The zero-order valence-corrected chi connectivity index (χ0v) is 39.0. The number of aromatic nitrogens is 3. The van der Waals surface area contributed by atoms with E-state index in [1.54, 1.807) is 27.7 Å². The van der Waals surface area contributed by atoms with Crippen molar-refractivity contribution in [3.63, 3.8) is 0 Å². The van der Waals surface area contributed by atoms with Crippen LogP contribution >= 0.6 is 0 Å². The van der Waals surface area contributed by atoms with Gasteiger partial charge in [0.1, 0.15) is 0 Å². The molecule has 12 heteroatoms. The Morgan fingerprint density at radius 2 is 0.825 bits per heavy atom.